The molecule has 2 aliphatic carbocycles. The first kappa shape index (κ1) is 19.2. The Balaban J connectivity index is 1.70. The summed E-state index contributed by atoms with van der Waals surface area (Å²) < 4.78 is 0. The molecule has 2 atom stereocenters. The predicted molar refractivity (Wildman–Crippen MR) is 99.4 cm³/mol. The Morgan fingerprint density at radius 2 is 1.85 bits per heavy atom. The van der Waals surface area contributed by atoms with E-state index in [0.717, 1.165) is 37.0 Å². The van der Waals surface area contributed by atoms with Crippen LogP contribution >= 0.6 is 0 Å². The zero-order valence-corrected chi connectivity index (χ0v) is 16.6. The summed E-state index contributed by atoms with van der Waals surface area (Å²) in [5, 5.41) is 2.95. The van der Waals surface area contributed by atoms with E-state index < -0.39 is 11.6 Å². The van der Waals surface area contributed by atoms with Gasteiger partial charge in [0.05, 0.1) is 0 Å². The molecule has 6 nitrogen and oxygen atoms in total. The normalized spacial score (nSPS) is 32.0. The fourth-order valence-electron chi connectivity index (χ4n) is 5.57. The number of nitrogens with one attached hydrogen (secondary N) is 1. The molecule has 3 aliphatic rings. The highest BCUT2D eigenvalue weighted by atomic mass is 16.2. The van der Waals surface area contributed by atoms with Crippen molar-refractivity contribution in [1.82, 2.24) is 15.1 Å². The van der Waals surface area contributed by atoms with Crippen LogP contribution < -0.4 is 5.32 Å². The number of nitrogens with zero attached hydrogens (tertiary/aromatic N) is 2. The highest BCUT2D eigenvalue weighted by Crippen LogP contribution is 2.46. The maximum atomic E-state index is 13.1. The Bertz CT molecular complexity index is 597. The second kappa shape index (κ2) is 6.86. The van der Waals surface area contributed by atoms with Gasteiger partial charge in [-0.25, -0.2) is 4.79 Å². The number of hydrogen-bond donors (Lipinski definition) is 1. The minimum absolute atomic E-state index is 0.000482. The van der Waals surface area contributed by atoms with Gasteiger partial charge in [0, 0.05) is 13.1 Å². The number of carbonyl (C=O) groups excluding carboxylic acids is 3. The number of imide groups is 1. The first-order valence-corrected chi connectivity index (χ1v) is 10.0. The van der Waals surface area contributed by atoms with E-state index in [9.17, 15) is 14.4 Å². The molecule has 1 saturated heterocycles. The first-order valence-electron chi connectivity index (χ1n) is 10.0. The van der Waals surface area contributed by atoms with E-state index >= 15 is 0 Å². The van der Waals surface area contributed by atoms with E-state index in [1.807, 2.05) is 0 Å². The van der Waals surface area contributed by atoms with E-state index in [4.69, 9.17) is 0 Å². The van der Waals surface area contributed by atoms with Crippen molar-refractivity contribution < 1.29 is 14.4 Å². The monoisotopic (exact) mass is 363 g/mol. The second-order valence-electron chi connectivity index (χ2n) is 9.55. The van der Waals surface area contributed by atoms with Gasteiger partial charge in [-0.2, -0.15) is 0 Å². The minimum Gasteiger partial charge on any atom is -0.341 e. The van der Waals surface area contributed by atoms with Gasteiger partial charge < -0.3 is 10.2 Å². The number of likely N-dealkylation sites (N-methyl/N-ethyl adjacent to an activating group) is 1. The lowest BCUT2D eigenvalue weighted by Crippen LogP contribution is -2.54. The van der Waals surface area contributed by atoms with Crippen LogP contribution in [0.15, 0.2) is 0 Å². The average Bonchev–Trinajstić information content (AvgIpc) is 2.76. The molecule has 1 heterocycles. The zero-order chi connectivity index (χ0) is 19.1. The van der Waals surface area contributed by atoms with Crippen LogP contribution in [0.1, 0.15) is 72.1 Å². The number of carbonyl (C=O) groups is 3. The molecule has 1 aliphatic heterocycles. The molecule has 0 aromatic carbocycles. The van der Waals surface area contributed by atoms with Crippen molar-refractivity contribution in [1.29, 1.82) is 0 Å². The minimum atomic E-state index is -0.831. The number of rotatable bonds is 3. The summed E-state index contributed by atoms with van der Waals surface area (Å²) in [6.07, 6.45) is 7.87. The molecule has 1 N–H and O–H groups in total. The molecule has 0 aromatic rings. The molecule has 3 fully saturated rings. The summed E-state index contributed by atoms with van der Waals surface area (Å²) in [4.78, 5) is 41.3. The van der Waals surface area contributed by atoms with Crippen molar-refractivity contribution in [3.8, 4) is 0 Å². The third kappa shape index (κ3) is 3.60. The predicted octanol–water partition coefficient (Wildman–Crippen LogP) is 2.91. The molecule has 0 radical (unpaired) electrons. The number of hydrogen-bond acceptors (Lipinski definition) is 3. The Morgan fingerprint density at radius 3 is 2.46 bits per heavy atom. The van der Waals surface area contributed by atoms with Crippen LogP contribution in [0.2, 0.25) is 0 Å². The molecule has 0 bridgehead atoms. The molecule has 3 rings (SSSR count). The lowest BCUT2D eigenvalue weighted by Gasteiger charge is -2.43. The van der Waals surface area contributed by atoms with E-state index in [1.54, 1.807) is 11.9 Å². The molecule has 146 valence electrons. The molecule has 4 amide bonds. The quantitative estimate of drug-likeness (QED) is 0.784. The van der Waals surface area contributed by atoms with Crippen molar-refractivity contribution in [2.24, 2.45) is 11.3 Å². The van der Waals surface area contributed by atoms with Crippen LogP contribution in [0, 0.1) is 11.3 Å². The molecule has 0 unspecified atom stereocenters. The Morgan fingerprint density at radius 1 is 1.19 bits per heavy atom. The van der Waals surface area contributed by atoms with Crippen molar-refractivity contribution in [3.63, 3.8) is 0 Å². The SMILES string of the molecule is C[C@H]1CC(C)(C)C[C@@]2(C1)NC(=O)N(CC(=O)N(C)C1CCCCC1)C2=O. The van der Waals surface area contributed by atoms with E-state index in [-0.39, 0.29) is 29.8 Å². The van der Waals surface area contributed by atoms with Gasteiger partial charge in [-0.15, -0.1) is 0 Å². The smallest absolute Gasteiger partial charge is 0.325 e. The van der Waals surface area contributed by atoms with Gasteiger partial charge in [-0.05, 0) is 43.4 Å². The van der Waals surface area contributed by atoms with Crippen molar-refractivity contribution in [2.75, 3.05) is 13.6 Å². The Kier molecular flexibility index (Phi) is 5.06. The van der Waals surface area contributed by atoms with E-state index in [2.05, 4.69) is 26.1 Å². The van der Waals surface area contributed by atoms with Crippen LogP contribution in [0.3, 0.4) is 0 Å². The van der Waals surface area contributed by atoms with E-state index in [0.29, 0.717) is 18.8 Å². The van der Waals surface area contributed by atoms with Gasteiger partial charge in [0.2, 0.25) is 5.91 Å². The molecular weight excluding hydrogens is 330 g/mol. The number of urea groups is 1. The summed E-state index contributed by atoms with van der Waals surface area (Å²) in [5.74, 6) is 0.0108. The van der Waals surface area contributed by atoms with Gasteiger partial charge in [0.25, 0.3) is 5.91 Å². The molecule has 6 heteroatoms. The summed E-state index contributed by atoms with van der Waals surface area (Å²) in [5.41, 5.74) is -0.832. The summed E-state index contributed by atoms with van der Waals surface area (Å²) in [7, 11) is 1.80. The zero-order valence-electron chi connectivity index (χ0n) is 16.6. The van der Waals surface area contributed by atoms with Crippen LogP contribution in [-0.4, -0.2) is 52.8 Å². The van der Waals surface area contributed by atoms with Crippen molar-refractivity contribution in [3.05, 3.63) is 0 Å². The Hall–Kier alpha value is -1.59. The maximum Gasteiger partial charge on any atom is 0.325 e. The Labute approximate surface area is 156 Å². The number of amides is 4. The molecule has 26 heavy (non-hydrogen) atoms. The molecule has 1 spiro atoms. The molecule has 2 saturated carbocycles. The van der Waals surface area contributed by atoms with Gasteiger partial charge in [-0.3, -0.25) is 14.5 Å². The largest absolute Gasteiger partial charge is 0.341 e. The highest BCUT2D eigenvalue weighted by molar-refractivity contribution is 6.09. The maximum absolute atomic E-state index is 13.1. The third-order valence-electron chi connectivity index (χ3n) is 6.43. The second-order valence-corrected chi connectivity index (χ2v) is 9.55. The fraction of sp³-hybridized carbons (Fsp3) is 0.850. The van der Waals surface area contributed by atoms with Gasteiger partial charge in [-0.1, -0.05) is 40.0 Å². The summed E-state index contributed by atoms with van der Waals surface area (Å²) in [6.45, 7) is 6.28. The first-order chi connectivity index (χ1) is 12.1. The van der Waals surface area contributed by atoms with Crippen LogP contribution in [0.4, 0.5) is 4.79 Å². The van der Waals surface area contributed by atoms with Crippen LogP contribution in [-0.2, 0) is 9.59 Å². The van der Waals surface area contributed by atoms with Crippen LogP contribution in [0.25, 0.3) is 0 Å². The van der Waals surface area contributed by atoms with Crippen molar-refractivity contribution in [2.45, 2.75) is 83.7 Å². The van der Waals surface area contributed by atoms with Gasteiger partial charge >= 0.3 is 6.03 Å². The van der Waals surface area contributed by atoms with Crippen molar-refractivity contribution >= 4 is 17.8 Å². The summed E-state index contributed by atoms with van der Waals surface area (Å²) in [6, 6.07) is -0.176. The standard InChI is InChI=1S/C20H33N3O3/c1-14-10-19(2,3)13-20(11-14)17(25)23(18(26)21-20)12-16(24)22(4)15-8-6-5-7-9-15/h14-15H,5-13H2,1-4H3,(H,21,26)/t14-,20+/m0/s1. The lowest BCUT2D eigenvalue weighted by atomic mass is 9.64. The van der Waals surface area contributed by atoms with E-state index in [1.165, 1.54) is 6.42 Å². The third-order valence-corrected chi connectivity index (χ3v) is 6.43. The topological polar surface area (TPSA) is 69.7 Å². The summed E-state index contributed by atoms with van der Waals surface area (Å²) >= 11 is 0. The molecule has 0 aromatic heterocycles. The molecular formula is C20H33N3O3. The highest BCUT2D eigenvalue weighted by Gasteiger charge is 2.56. The van der Waals surface area contributed by atoms with Gasteiger partial charge in [0.1, 0.15) is 12.1 Å². The lowest BCUT2D eigenvalue weighted by molar-refractivity contribution is -0.141. The van der Waals surface area contributed by atoms with Gasteiger partial charge in [0.15, 0.2) is 0 Å². The average molecular weight is 364 g/mol. The fourth-order valence-corrected chi connectivity index (χ4v) is 5.57. The van der Waals surface area contributed by atoms with Crippen LogP contribution in [0.5, 0.6) is 0 Å².